The maximum Gasteiger partial charge on any atom is 0.272 e. The Morgan fingerprint density at radius 1 is 1.56 bits per heavy atom. The second-order valence-electron chi connectivity index (χ2n) is 4.13. The van der Waals surface area contributed by atoms with Crippen LogP contribution in [0.15, 0.2) is 24.4 Å². The van der Waals surface area contributed by atoms with Gasteiger partial charge >= 0.3 is 0 Å². The average molecular weight is 219 g/mol. The Kier molecular flexibility index (Phi) is 3.51. The Balaban J connectivity index is 2.04. The maximum absolute atomic E-state index is 12.1. The summed E-state index contributed by atoms with van der Waals surface area (Å²) in [6.07, 6.45) is 3.85. The molecule has 4 heteroatoms. The fourth-order valence-electron chi connectivity index (χ4n) is 2.00. The lowest BCUT2D eigenvalue weighted by Gasteiger charge is -2.31. The molecule has 0 aliphatic carbocycles. The van der Waals surface area contributed by atoms with E-state index in [0.29, 0.717) is 11.7 Å². The summed E-state index contributed by atoms with van der Waals surface area (Å²) in [5, 5.41) is 3.31. The Bertz CT molecular complexity index is 347. The zero-order chi connectivity index (χ0) is 11.4. The summed E-state index contributed by atoms with van der Waals surface area (Å²) >= 11 is 0. The molecule has 0 bridgehead atoms. The molecule has 1 atom stereocenters. The van der Waals surface area contributed by atoms with Gasteiger partial charge in [-0.05, 0) is 31.5 Å². The highest BCUT2D eigenvalue weighted by atomic mass is 16.2. The van der Waals surface area contributed by atoms with Crippen molar-refractivity contribution in [1.29, 1.82) is 0 Å². The Morgan fingerprint density at radius 3 is 3.06 bits per heavy atom. The second-order valence-corrected chi connectivity index (χ2v) is 4.13. The maximum atomic E-state index is 12.1. The molecule has 1 fully saturated rings. The molecule has 0 aromatic carbocycles. The van der Waals surface area contributed by atoms with Crippen molar-refractivity contribution >= 4 is 5.91 Å². The molecule has 2 rings (SSSR count). The standard InChI is InChI=1S/C12H17N3O/c1-15(10-5-4-7-13-9-10)12(16)11-6-2-3-8-14-11/h2-3,6,8,10,13H,4-5,7,9H2,1H3. The van der Waals surface area contributed by atoms with Crippen LogP contribution in [0.2, 0.25) is 0 Å². The SMILES string of the molecule is CN(C(=O)c1ccccn1)C1CCCNC1. The largest absolute Gasteiger partial charge is 0.336 e. The summed E-state index contributed by atoms with van der Waals surface area (Å²) in [5.74, 6) is 0.00861. The van der Waals surface area contributed by atoms with Crippen LogP contribution >= 0.6 is 0 Å². The first-order valence-corrected chi connectivity index (χ1v) is 5.68. The van der Waals surface area contributed by atoms with Gasteiger partial charge in [0.2, 0.25) is 0 Å². The minimum absolute atomic E-state index is 0.00861. The van der Waals surface area contributed by atoms with Gasteiger partial charge in [-0.15, -0.1) is 0 Å². The molecule has 1 amide bonds. The summed E-state index contributed by atoms with van der Waals surface area (Å²) in [7, 11) is 1.86. The number of amides is 1. The number of pyridine rings is 1. The van der Waals surface area contributed by atoms with E-state index in [0.717, 1.165) is 25.9 Å². The molecule has 1 unspecified atom stereocenters. The van der Waals surface area contributed by atoms with Gasteiger partial charge in [0.25, 0.3) is 5.91 Å². The summed E-state index contributed by atoms with van der Waals surface area (Å²) in [6.45, 7) is 1.94. The fraction of sp³-hybridized carbons (Fsp3) is 0.500. The van der Waals surface area contributed by atoms with Gasteiger partial charge in [0.1, 0.15) is 5.69 Å². The minimum Gasteiger partial charge on any atom is -0.336 e. The average Bonchev–Trinajstić information content (AvgIpc) is 2.39. The zero-order valence-electron chi connectivity index (χ0n) is 9.52. The molecular formula is C12H17N3O. The Labute approximate surface area is 95.7 Å². The molecule has 4 nitrogen and oxygen atoms in total. The van der Waals surface area contributed by atoms with E-state index in [1.165, 1.54) is 0 Å². The van der Waals surface area contributed by atoms with Crippen molar-refractivity contribution in [2.45, 2.75) is 18.9 Å². The van der Waals surface area contributed by atoms with Crippen molar-refractivity contribution in [2.75, 3.05) is 20.1 Å². The van der Waals surface area contributed by atoms with Crippen LogP contribution in [0.4, 0.5) is 0 Å². The van der Waals surface area contributed by atoms with E-state index < -0.39 is 0 Å². The molecule has 1 aromatic rings. The van der Waals surface area contributed by atoms with Crippen molar-refractivity contribution in [3.63, 3.8) is 0 Å². The second kappa shape index (κ2) is 5.07. The monoisotopic (exact) mass is 219 g/mol. The summed E-state index contributed by atoms with van der Waals surface area (Å²) < 4.78 is 0. The van der Waals surface area contributed by atoms with Gasteiger partial charge < -0.3 is 10.2 Å². The minimum atomic E-state index is 0.00861. The number of rotatable bonds is 2. The predicted molar refractivity (Wildman–Crippen MR) is 62.2 cm³/mol. The topological polar surface area (TPSA) is 45.2 Å². The van der Waals surface area contributed by atoms with Crippen LogP contribution < -0.4 is 5.32 Å². The lowest BCUT2D eigenvalue weighted by atomic mass is 10.1. The molecule has 1 aliphatic heterocycles. The van der Waals surface area contributed by atoms with E-state index in [4.69, 9.17) is 0 Å². The van der Waals surface area contributed by atoms with E-state index in [1.807, 2.05) is 19.2 Å². The third-order valence-corrected chi connectivity index (χ3v) is 3.02. The first kappa shape index (κ1) is 11.1. The van der Waals surface area contributed by atoms with Crippen molar-refractivity contribution in [3.8, 4) is 0 Å². The van der Waals surface area contributed by atoms with Gasteiger partial charge in [0.15, 0.2) is 0 Å². The molecule has 2 heterocycles. The number of hydrogen-bond donors (Lipinski definition) is 1. The number of likely N-dealkylation sites (N-methyl/N-ethyl adjacent to an activating group) is 1. The lowest BCUT2D eigenvalue weighted by molar-refractivity contribution is 0.0702. The summed E-state index contributed by atoms with van der Waals surface area (Å²) in [5.41, 5.74) is 0.524. The van der Waals surface area contributed by atoms with E-state index in [2.05, 4.69) is 10.3 Å². The van der Waals surface area contributed by atoms with Gasteiger partial charge in [0.05, 0.1) is 0 Å². The van der Waals surface area contributed by atoms with Crippen molar-refractivity contribution in [3.05, 3.63) is 30.1 Å². The smallest absolute Gasteiger partial charge is 0.272 e. The number of carbonyl (C=O) groups excluding carboxylic acids is 1. The number of piperidine rings is 1. The quantitative estimate of drug-likeness (QED) is 0.804. The Hall–Kier alpha value is -1.42. The third kappa shape index (κ3) is 2.39. The van der Waals surface area contributed by atoms with E-state index in [-0.39, 0.29) is 5.91 Å². The van der Waals surface area contributed by atoms with Crippen LogP contribution in [-0.2, 0) is 0 Å². The van der Waals surface area contributed by atoms with Gasteiger partial charge in [-0.3, -0.25) is 9.78 Å². The van der Waals surface area contributed by atoms with Crippen LogP contribution in [0.5, 0.6) is 0 Å². The molecule has 0 saturated carbocycles. The number of hydrogen-bond acceptors (Lipinski definition) is 3. The molecule has 1 aliphatic rings. The van der Waals surface area contributed by atoms with Crippen LogP contribution in [0.1, 0.15) is 23.3 Å². The molecule has 0 spiro atoms. The van der Waals surface area contributed by atoms with E-state index in [1.54, 1.807) is 17.2 Å². The van der Waals surface area contributed by atoms with Crippen LogP contribution in [0.25, 0.3) is 0 Å². The normalized spacial score (nSPS) is 20.4. The predicted octanol–water partition coefficient (Wildman–Crippen LogP) is 0.906. The lowest BCUT2D eigenvalue weighted by Crippen LogP contribution is -2.46. The molecule has 1 aromatic heterocycles. The first-order chi connectivity index (χ1) is 7.79. The number of carbonyl (C=O) groups is 1. The highest BCUT2D eigenvalue weighted by Gasteiger charge is 2.23. The molecule has 0 radical (unpaired) electrons. The van der Waals surface area contributed by atoms with Crippen LogP contribution in [-0.4, -0.2) is 42.0 Å². The number of nitrogens with zero attached hydrogens (tertiary/aromatic N) is 2. The van der Waals surface area contributed by atoms with Crippen LogP contribution in [0, 0.1) is 0 Å². The highest BCUT2D eigenvalue weighted by molar-refractivity contribution is 5.92. The molecule has 1 N–H and O–H groups in total. The van der Waals surface area contributed by atoms with Crippen molar-refractivity contribution in [1.82, 2.24) is 15.2 Å². The molecular weight excluding hydrogens is 202 g/mol. The van der Waals surface area contributed by atoms with Gasteiger partial charge in [0, 0.05) is 25.8 Å². The zero-order valence-corrected chi connectivity index (χ0v) is 9.52. The summed E-state index contributed by atoms with van der Waals surface area (Å²) in [6, 6.07) is 5.71. The fourth-order valence-corrected chi connectivity index (χ4v) is 2.00. The van der Waals surface area contributed by atoms with Crippen molar-refractivity contribution < 1.29 is 4.79 Å². The van der Waals surface area contributed by atoms with E-state index >= 15 is 0 Å². The number of aromatic nitrogens is 1. The summed E-state index contributed by atoms with van der Waals surface area (Å²) in [4.78, 5) is 18.0. The molecule has 86 valence electrons. The van der Waals surface area contributed by atoms with Gasteiger partial charge in [-0.1, -0.05) is 6.07 Å². The van der Waals surface area contributed by atoms with Gasteiger partial charge in [-0.25, -0.2) is 0 Å². The van der Waals surface area contributed by atoms with Crippen LogP contribution in [0.3, 0.4) is 0 Å². The third-order valence-electron chi connectivity index (χ3n) is 3.02. The molecule has 1 saturated heterocycles. The van der Waals surface area contributed by atoms with E-state index in [9.17, 15) is 4.79 Å². The first-order valence-electron chi connectivity index (χ1n) is 5.68. The van der Waals surface area contributed by atoms with Crippen molar-refractivity contribution in [2.24, 2.45) is 0 Å². The van der Waals surface area contributed by atoms with Gasteiger partial charge in [-0.2, -0.15) is 0 Å². The molecule has 16 heavy (non-hydrogen) atoms. The highest BCUT2D eigenvalue weighted by Crippen LogP contribution is 2.11. The Morgan fingerprint density at radius 2 is 2.44 bits per heavy atom. The number of nitrogens with one attached hydrogen (secondary N) is 1.